The van der Waals surface area contributed by atoms with E-state index < -0.39 is 5.00 Å². The first-order valence-electron chi connectivity index (χ1n) is 2.98. The predicted octanol–water partition coefficient (Wildman–Crippen LogP) is 2.34. The molecule has 2 nitrogen and oxygen atoms in total. The minimum Gasteiger partial charge on any atom is -0.211 e. The lowest BCUT2D eigenvalue weighted by atomic mass is 10.1. The SMILES string of the molecule is O=C=NC1(Cl)C=CC=C(Cl)C1. The van der Waals surface area contributed by atoms with Crippen molar-refractivity contribution in [3.05, 3.63) is 23.3 Å². The number of halogens is 2. The van der Waals surface area contributed by atoms with Crippen LogP contribution >= 0.6 is 23.2 Å². The third-order valence-electron chi connectivity index (χ3n) is 1.28. The Kier molecular flexibility index (Phi) is 2.50. The highest BCUT2D eigenvalue weighted by Crippen LogP contribution is 2.31. The van der Waals surface area contributed by atoms with Crippen molar-refractivity contribution in [1.29, 1.82) is 0 Å². The van der Waals surface area contributed by atoms with Crippen LogP contribution in [0.2, 0.25) is 0 Å². The van der Waals surface area contributed by atoms with Gasteiger partial charge in [-0.1, -0.05) is 29.3 Å². The Morgan fingerprint density at radius 2 is 2.45 bits per heavy atom. The normalized spacial score (nSPS) is 29.1. The topological polar surface area (TPSA) is 29.4 Å². The van der Waals surface area contributed by atoms with Gasteiger partial charge in [0.15, 0.2) is 5.00 Å². The van der Waals surface area contributed by atoms with Gasteiger partial charge in [0, 0.05) is 11.5 Å². The van der Waals surface area contributed by atoms with Gasteiger partial charge >= 0.3 is 0 Å². The molecular weight excluding hydrogens is 185 g/mol. The Morgan fingerprint density at radius 1 is 1.73 bits per heavy atom. The maximum Gasteiger partial charge on any atom is 0.237 e. The van der Waals surface area contributed by atoms with Crippen molar-refractivity contribution in [3.8, 4) is 0 Å². The number of hydrogen-bond donors (Lipinski definition) is 0. The van der Waals surface area contributed by atoms with Crippen molar-refractivity contribution in [2.75, 3.05) is 0 Å². The largest absolute Gasteiger partial charge is 0.237 e. The Hall–Kier alpha value is -0.560. The highest BCUT2D eigenvalue weighted by Gasteiger charge is 2.25. The lowest BCUT2D eigenvalue weighted by Gasteiger charge is -2.17. The molecule has 0 aliphatic heterocycles. The molecule has 1 aliphatic carbocycles. The quantitative estimate of drug-likeness (QED) is 0.270. The second-order valence-corrected chi connectivity index (χ2v) is 3.31. The lowest BCUT2D eigenvalue weighted by molar-refractivity contribution is 0.557. The van der Waals surface area contributed by atoms with Gasteiger partial charge in [0.1, 0.15) is 0 Å². The molecule has 0 saturated carbocycles. The van der Waals surface area contributed by atoms with Crippen LogP contribution in [0.15, 0.2) is 28.3 Å². The van der Waals surface area contributed by atoms with Crippen LogP contribution in [0.3, 0.4) is 0 Å². The van der Waals surface area contributed by atoms with Crippen LogP contribution in [0, 0.1) is 0 Å². The Morgan fingerprint density at radius 3 is 3.00 bits per heavy atom. The molecule has 1 unspecified atom stereocenters. The molecule has 0 N–H and O–H groups in total. The fraction of sp³-hybridized carbons (Fsp3) is 0.286. The Labute approximate surface area is 74.2 Å². The third-order valence-corrected chi connectivity index (χ3v) is 1.88. The number of hydrogen-bond acceptors (Lipinski definition) is 2. The van der Waals surface area contributed by atoms with E-state index in [9.17, 15) is 4.79 Å². The van der Waals surface area contributed by atoms with Crippen molar-refractivity contribution in [1.82, 2.24) is 0 Å². The highest BCUT2D eigenvalue weighted by atomic mass is 35.5. The van der Waals surface area contributed by atoms with E-state index in [1.54, 1.807) is 18.2 Å². The van der Waals surface area contributed by atoms with Gasteiger partial charge in [0.2, 0.25) is 6.08 Å². The molecular formula is C7H5Cl2NO. The minimum absolute atomic E-state index is 0.349. The molecule has 11 heavy (non-hydrogen) atoms. The summed E-state index contributed by atoms with van der Waals surface area (Å²) < 4.78 is 0. The van der Waals surface area contributed by atoms with Crippen molar-refractivity contribution in [3.63, 3.8) is 0 Å². The lowest BCUT2D eigenvalue weighted by Crippen LogP contribution is -2.16. The number of nitrogens with zero attached hydrogens (tertiary/aromatic N) is 1. The summed E-state index contributed by atoms with van der Waals surface area (Å²) >= 11 is 11.5. The molecule has 58 valence electrons. The van der Waals surface area contributed by atoms with Gasteiger partial charge in [-0.25, -0.2) is 4.79 Å². The maximum absolute atomic E-state index is 9.91. The molecule has 0 heterocycles. The summed E-state index contributed by atoms with van der Waals surface area (Å²) in [7, 11) is 0. The maximum atomic E-state index is 9.91. The standard InChI is InChI=1S/C7H5Cl2NO/c8-6-2-1-3-7(9,4-6)10-5-11/h1-3H,4H2. The molecule has 0 radical (unpaired) electrons. The summed E-state index contributed by atoms with van der Waals surface area (Å²) in [6.07, 6.45) is 6.73. The molecule has 1 rings (SSSR count). The zero-order valence-corrected chi connectivity index (χ0v) is 7.06. The van der Waals surface area contributed by atoms with Crippen molar-refractivity contribution < 1.29 is 4.79 Å². The average molecular weight is 190 g/mol. The van der Waals surface area contributed by atoms with Gasteiger partial charge < -0.3 is 0 Å². The van der Waals surface area contributed by atoms with Crippen molar-refractivity contribution >= 4 is 29.3 Å². The van der Waals surface area contributed by atoms with Gasteiger partial charge in [0.25, 0.3) is 0 Å². The second kappa shape index (κ2) is 3.22. The van der Waals surface area contributed by atoms with Crippen LogP contribution in [-0.4, -0.2) is 11.1 Å². The first-order chi connectivity index (χ1) is 5.16. The molecule has 0 saturated heterocycles. The van der Waals surface area contributed by atoms with Gasteiger partial charge in [-0.2, -0.15) is 4.99 Å². The smallest absolute Gasteiger partial charge is 0.211 e. The molecule has 4 heteroatoms. The van der Waals surface area contributed by atoms with Gasteiger partial charge in [-0.3, -0.25) is 0 Å². The van der Waals surface area contributed by atoms with Crippen molar-refractivity contribution in [2.24, 2.45) is 4.99 Å². The number of rotatable bonds is 1. The summed E-state index contributed by atoms with van der Waals surface area (Å²) in [6, 6.07) is 0. The van der Waals surface area contributed by atoms with Crippen LogP contribution < -0.4 is 0 Å². The summed E-state index contributed by atoms with van der Waals surface area (Å²) in [5.74, 6) is 0. The van der Waals surface area contributed by atoms with E-state index in [2.05, 4.69) is 4.99 Å². The van der Waals surface area contributed by atoms with Crippen LogP contribution in [0.1, 0.15) is 6.42 Å². The molecule has 0 bridgehead atoms. The molecule has 0 aromatic carbocycles. The number of isocyanates is 1. The molecule has 0 spiro atoms. The summed E-state index contributed by atoms with van der Waals surface area (Å²) in [5, 5.41) is 0.585. The molecule has 1 atom stereocenters. The monoisotopic (exact) mass is 189 g/mol. The van der Waals surface area contributed by atoms with E-state index >= 15 is 0 Å². The third kappa shape index (κ3) is 2.19. The molecule has 1 aliphatic rings. The van der Waals surface area contributed by atoms with Crippen molar-refractivity contribution in [2.45, 2.75) is 11.4 Å². The van der Waals surface area contributed by atoms with Gasteiger partial charge in [0.05, 0.1) is 0 Å². The first kappa shape index (κ1) is 8.54. The fourth-order valence-electron chi connectivity index (χ4n) is 0.807. The summed E-state index contributed by atoms with van der Waals surface area (Å²) in [5.41, 5.74) is 0. The number of carbonyl (C=O) groups excluding carboxylic acids is 1. The number of alkyl halides is 1. The first-order valence-corrected chi connectivity index (χ1v) is 3.74. The van der Waals surface area contributed by atoms with Crippen LogP contribution in [-0.2, 0) is 4.79 Å². The van der Waals surface area contributed by atoms with Crippen LogP contribution in [0.4, 0.5) is 0 Å². The van der Waals surface area contributed by atoms with Gasteiger partial charge in [-0.15, -0.1) is 0 Å². The Bertz CT molecular complexity index is 266. The van der Waals surface area contributed by atoms with Crippen LogP contribution in [0.5, 0.6) is 0 Å². The Balaban J connectivity index is 2.86. The molecule has 0 fully saturated rings. The molecule has 0 aromatic heterocycles. The molecule has 0 aromatic rings. The predicted molar refractivity (Wildman–Crippen MR) is 44.4 cm³/mol. The number of allylic oxidation sites excluding steroid dienone is 2. The fourth-order valence-corrected chi connectivity index (χ4v) is 1.40. The van der Waals surface area contributed by atoms with E-state index in [0.717, 1.165) is 0 Å². The van der Waals surface area contributed by atoms with E-state index in [1.807, 2.05) is 0 Å². The minimum atomic E-state index is -1.01. The van der Waals surface area contributed by atoms with Gasteiger partial charge in [-0.05, 0) is 12.2 Å². The highest BCUT2D eigenvalue weighted by molar-refractivity contribution is 6.32. The second-order valence-electron chi connectivity index (χ2n) is 2.17. The van der Waals surface area contributed by atoms with E-state index in [0.29, 0.717) is 11.5 Å². The zero-order chi connectivity index (χ0) is 8.32. The molecule has 0 amide bonds. The van der Waals surface area contributed by atoms with E-state index in [4.69, 9.17) is 23.2 Å². The van der Waals surface area contributed by atoms with E-state index in [1.165, 1.54) is 6.08 Å². The van der Waals surface area contributed by atoms with E-state index in [-0.39, 0.29) is 0 Å². The zero-order valence-electron chi connectivity index (χ0n) is 5.55. The van der Waals surface area contributed by atoms with Crippen LogP contribution in [0.25, 0.3) is 0 Å². The summed E-state index contributed by atoms with van der Waals surface area (Å²) in [4.78, 5) is 12.3. The number of aliphatic imine (C=N–C) groups is 1. The summed E-state index contributed by atoms with van der Waals surface area (Å²) in [6.45, 7) is 0. The average Bonchev–Trinajstić information content (AvgIpc) is 1.86.